The highest BCUT2D eigenvalue weighted by molar-refractivity contribution is 6.41. The van der Waals surface area contributed by atoms with Crippen molar-refractivity contribution in [2.45, 2.75) is 6.42 Å². The van der Waals surface area contributed by atoms with Crippen LogP contribution in [0.15, 0.2) is 12.1 Å². The first-order valence-electron chi connectivity index (χ1n) is 4.55. The summed E-state index contributed by atoms with van der Waals surface area (Å²) in [6, 6.07) is 3.00. The quantitative estimate of drug-likeness (QED) is 0.618. The second-order valence-electron chi connectivity index (χ2n) is 3.53. The van der Waals surface area contributed by atoms with Crippen LogP contribution in [0.1, 0.15) is 6.42 Å². The summed E-state index contributed by atoms with van der Waals surface area (Å²) >= 11 is 11.9. The fraction of sp³-hybridized carbons (Fsp3) is 0.200. The van der Waals surface area contributed by atoms with Crippen LogP contribution in [0.2, 0.25) is 10.0 Å². The molecular weight excluding hydrogens is 251 g/mol. The molecule has 0 spiro atoms. The van der Waals surface area contributed by atoms with Gasteiger partial charge in [-0.2, -0.15) is 0 Å². The highest BCUT2D eigenvalue weighted by atomic mass is 35.5. The molecule has 0 atom stereocenters. The van der Waals surface area contributed by atoms with Gasteiger partial charge >= 0.3 is 0 Å². The molecule has 1 amide bonds. The summed E-state index contributed by atoms with van der Waals surface area (Å²) in [6.45, 7) is 0.0161. The molecule has 1 aliphatic rings. The minimum atomic E-state index is -0.293. The molecule has 1 aromatic rings. The fourth-order valence-electron chi connectivity index (χ4n) is 1.63. The molecule has 84 valence electrons. The Balaban J connectivity index is 2.48. The van der Waals surface area contributed by atoms with Gasteiger partial charge in [-0.25, -0.2) is 0 Å². The van der Waals surface area contributed by atoms with Gasteiger partial charge in [0, 0.05) is 5.69 Å². The van der Waals surface area contributed by atoms with Crippen molar-refractivity contribution in [1.82, 2.24) is 0 Å². The Morgan fingerprint density at radius 2 is 1.75 bits per heavy atom. The Hall–Kier alpha value is -1.26. The summed E-state index contributed by atoms with van der Waals surface area (Å²) in [5, 5.41) is 0.543. The van der Waals surface area contributed by atoms with Crippen LogP contribution in [0.5, 0.6) is 0 Å². The van der Waals surface area contributed by atoms with Gasteiger partial charge in [-0.3, -0.25) is 9.59 Å². The summed E-state index contributed by atoms with van der Waals surface area (Å²) in [4.78, 5) is 24.0. The maximum atomic E-state index is 11.5. The van der Waals surface area contributed by atoms with Gasteiger partial charge in [-0.05, 0) is 12.1 Å². The molecule has 1 fully saturated rings. The monoisotopic (exact) mass is 258 g/mol. The third-order valence-electron chi connectivity index (χ3n) is 2.29. The van der Waals surface area contributed by atoms with Crippen molar-refractivity contribution >= 4 is 46.3 Å². The number of halogens is 2. The second kappa shape index (κ2) is 3.96. The average Bonchev–Trinajstić information content (AvgIpc) is 2.43. The van der Waals surface area contributed by atoms with Crippen molar-refractivity contribution in [2.75, 3.05) is 17.2 Å². The number of anilines is 2. The molecule has 0 aromatic heterocycles. The number of benzene rings is 1. The van der Waals surface area contributed by atoms with E-state index in [1.54, 1.807) is 0 Å². The molecule has 0 radical (unpaired) electrons. The number of hydrogen-bond acceptors (Lipinski definition) is 3. The highest BCUT2D eigenvalue weighted by Crippen LogP contribution is 2.37. The lowest BCUT2D eigenvalue weighted by atomic mass is 10.2. The topological polar surface area (TPSA) is 63.4 Å². The van der Waals surface area contributed by atoms with Crippen LogP contribution < -0.4 is 10.6 Å². The smallest absolute Gasteiger partial charge is 0.235 e. The van der Waals surface area contributed by atoms with Crippen molar-refractivity contribution in [3.05, 3.63) is 22.2 Å². The first-order chi connectivity index (χ1) is 7.49. The molecule has 1 saturated heterocycles. The normalized spacial score (nSPS) is 16.0. The Morgan fingerprint density at radius 3 is 2.19 bits per heavy atom. The number of hydrogen-bond donors (Lipinski definition) is 1. The van der Waals surface area contributed by atoms with Crippen LogP contribution >= 0.6 is 23.2 Å². The van der Waals surface area contributed by atoms with E-state index in [0.29, 0.717) is 11.4 Å². The molecule has 0 bridgehead atoms. The standard InChI is InChI=1S/C10H8Cl2N2O2/c11-7-1-5(13)2-8(12)10(7)14-4-6(15)3-9(14)16/h1-2H,3-4,13H2. The molecule has 0 saturated carbocycles. The summed E-state index contributed by atoms with van der Waals surface area (Å²) in [6.07, 6.45) is -0.100. The molecule has 0 aliphatic carbocycles. The summed E-state index contributed by atoms with van der Waals surface area (Å²) in [5.41, 5.74) is 6.32. The number of nitrogens with zero attached hydrogens (tertiary/aromatic N) is 1. The molecule has 2 rings (SSSR count). The lowest BCUT2D eigenvalue weighted by Gasteiger charge is -2.18. The third-order valence-corrected chi connectivity index (χ3v) is 2.87. The van der Waals surface area contributed by atoms with E-state index in [9.17, 15) is 9.59 Å². The van der Waals surface area contributed by atoms with Crippen LogP contribution in [0, 0.1) is 0 Å². The van der Waals surface area contributed by atoms with Crippen LogP contribution in [0.25, 0.3) is 0 Å². The van der Waals surface area contributed by atoms with E-state index in [0.717, 1.165) is 0 Å². The van der Waals surface area contributed by atoms with Crippen molar-refractivity contribution in [3.8, 4) is 0 Å². The molecule has 1 aliphatic heterocycles. The van der Waals surface area contributed by atoms with Gasteiger partial charge in [0.1, 0.15) is 0 Å². The van der Waals surface area contributed by atoms with Gasteiger partial charge in [0.2, 0.25) is 5.91 Å². The van der Waals surface area contributed by atoms with E-state index >= 15 is 0 Å². The van der Waals surface area contributed by atoms with Crippen LogP contribution in [0.4, 0.5) is 11.4 Å². The predicted molar refractivity (Wildman–Crippen MR) is 62.9 cm³/mol. The Bertz CT molecular complexity index is 465. The van der Waals surface area contributed by atoms with E-state index in [4.69, 9.17) is 28.9 Å². The number of carbonyl (C=O) groups is 2. The minimum absolute atomic E-state index is 0.0161. The molecule has 2 N–H and O–H groups in total. The Labute approximate surface area is 102 Å². The Kier molecular flexibility index (Phi) is 2.78. The van der Waals surface area contributed by atoms with Gasteiger partial charge in [0.05, 0.1) is 28.7 Å². The molecule has 0 unspecified atom stereocenters. The van der Waals surface area contributed by atoms with Crippen molar-refractivity contribution in [1.29, 1.82) is 0 Å². The number of nitrogens with two attached hydrogens (primary N) is 1. The van der Waals surface area contributed by atoms with Crippen LogP contribution in [-0.2, 0) is 9.59 Å². The first-order valence-corrected chi connectivity index (χ1v) is 5.31. The largest absolute Gasteiger partial charge is 0.399 e. The highest BCUT2D eigenvalue weighted by Gasteiger charge is 2.31. The maximum absolute atomic E-state index is 11.5. The fourth-order valence-corrected chi connectivity index (χ4v) is 2.34. The molecule has 1 heterocycles. The number of ketones is 1. The zero-order chi connectivity index (χ0) is 11.9. The van der Waals surface area contributed by atoms with Gasteiger partial charge in [-0.1, -0.05) is 23.2 Å². The van der Waals surface area contributed by atoms with E-state index in [2.05, 4.69) is 0 Å². The molecule has 4 nitrogen and oxygen atoms in total. The van der Waals surface area contributed by atoms with E-state index in [-0.39, 0.29) is 34.7 Å². The molecule has 6 heteroatoms. The zero-order valence-electron chi connectivity index (χ0n) is 8.17. The number of rotatable bonds is 1. The Morgan fingerprint density at radius 1 is 1.19 bits per heavy atom. The lowest BCUT2D eigenvalue weighted by Crippen LogP contribution is -2.25. The van der Waals surface area contributed by atoms with Gasteiger partial charge in [-0.15, -0.1) is 0 Å². The lowest BCUT2D eigenvalue weighted by molar-refractivity contribution is -0.121. The first kappa shape index (κ1) is 11.2. The van der Waals surface area contributed by atoms with Crippen LogP contribution in [-0.4, -0.2) is 18.2 Å². The minimum Gasteiger partial charge on any atom is -0.399 e. The average molecular weight is 259 g/mol. The van der Waals surface area contributed by atoms with Gasteiger partial charge in [0.25, 0.3) is 0 Å². The summed E-state index contributed by atoms with van der Waals surface area (Å²) < 4.78 is 0. The summed E-state index contributed by atoms with van der Waals surface area (Å²) in [5.74, 6) is -0.437. The van der Waals surface area contributed by atoms with Crippen molar-refractivity contribution < 1.29 is 9.59 Å². The predicted octanol–water partition coefficient (Wildman–Crippen LogP) is 1.88. The van der Waals surface area contributed by atoms with Crippen LogP contribution in [0.3, 0.4) is 0 Å². The molecular formula is C10H8Cl2N2O2. The van der Waals surface area contributed by atoms with Gasteiger partial charge in [0.15, 0.2) is 5.78 Å². The number of Topliss-reactive ketones (excluding diaryl/α,β-unsaturated/α-hetero) is 1. The number of carbonyl (C=O) groups excluding carboxylic acids is 2. The van der Waals surface area contributed by atoms with Crippen molar-refractivity contribution in [2.24, 2.45) is 0 Å². The third kappa shape index (κ3) is 1.86. The van der Waals surface area contributed by atoms with E-state index in [1.807, 2.05) is 0 Å². The van der Waals surface area contributed by atoms with E-state index < -0.39 is 0 Å². The number of amides is 1. The molecule has 16 heavy (non-hydrogen) atoms. The zero-order valence-corrected chi connectivity index (χ0v) is 9.68. The molecule has 1 aromatic carbocycles. The SMILES string of the molecule is Nc1cc(Cl)c(N2CC(=O)CC2=O)c(Cl)c1. The van der Waals surface area contributed by atoms with Gasteiger partial charge < -0.3 is 10.6 Å². The number of nitrogen functional groups attached to an aromatic ring is 1. The maximum Gasteiger partial charge on any atom is 0.235 e. The van der Waals surface area contributed by atoms with E-state index in [1.165, 1.54) is 17.0 Å². The summed E-state index contributed by atoms with van der Waals surface area (Å²) in [7, 11) is 0. The second-order valence-corrected chi connectivity index (χ2v) is 4.34. The van der Waals surface area contributed by atoms with Crippen molar-refractivity contribution in [3.63, 3.8) is 0 Å².